The Kier molecular flexibility index (Phi) is 6.07. The fraction of sp³-hybridized carbons (Fsp3) is 0.267. The predicted molar refractivity (Wildman–Crippen MR) is 90.9 cm³/mol. The van der Waals surface area contributed by atoms with E-state index in [4.69, 9.17) is 9.47 Å². The van der Waals surface area contributed by atoms with Gasteiger partial charge in [-0.3, -0.25) is 9.59 Å². The van der Waals surface area contributed by atoms with Crippen LogP contribution in [0.1, 0.15) is 10.5 Å². The molecule has 0 radical (unpaired) electrons. The number of hydrogen-bond acceptors (Lipinski definition) is 6. The monoisotopic (exact) mass is 350 g/mol. The van der Waals surface area contributed by atoms with Gasteiger partial charge in [-0.1, -0.05) is 11.8 Å². The average Bonchev–Trinajstić information content (AvgIpc) is 3.08. The SMILES string of the molecule is CNC(=O)c1cnc(SCC(=O)Nc2ccc(OC)c(OC)c2)[nH]1. The second-order valence-corrected chi connectivity index (χ2v) is 5.55. The number of anilines is 1. The highest BCUT2D eigenvalue weighted by molar-refractivity contribution is 7.99. The lowest BCUT2D eigenvalue weighted by molar-refractivity contribution is -0.113. The number of amides is 2. The van der Waals surface area contributed by atoms with Crippen molar-refractivity contribution in [1.29, 1.82) is 0 Å². The molecule has 1 aromatic carbocycles. The molecule has 1 heterocycles. The van der Waals surface area contributed by atoms with E-state index >= 15 is 0 Å². The number of hydrogen-bond donors (Lipinski definition) is 3. The number of carbonyl (C=O) groups is 2. The number of rotatable bonds is 7. The summed E-state index contributed by atoms with van der Waals surface area (Å²) in [5.74, 6) is 0.801. The highest BCUT2D eigenvalue weighted by atomic mass is 32.2. The molecule has 0 aliphatic rings. The standard InChI is InChI=1S/C15H18N4O4S/c1-16-14(21)10-7-17-15(19-10)24-8-13(20)18-9-4-5-11(22-2)12(6-9)23-3/h4-7H,8H2,1-3H3,(H,16,21)(H,17,19)(H,18,20). The summed E-state index contributed by atoms with van der Waals surface area (Å²) in [6, 6.07) is 5.11. The molecule has 0 spiro atoms. The number of aromatic nitrogens is 2. The number of nitrogens with zero attached hydrogens (tertiary/aromatic N) is 1. The minimum atomic E-state index is -0.260. The van der Waals surface area contributed by atoms with E-state index in [0.29, 0.717) is 28.0 Å². The number of carbonyl (C=O) groups excluding carboxylic acids is 2. The zero-order valence-electron chi connectivity index (χ0n) is 13.5. The summed E-state index contributed by atoms with van der Waals surface area (Å²) in [4.78, 5) is 30.3. The molecule has 9 heteroatoms. The Hall–Kier alpha value is -2.68. The van der Waals surface area contributed by atoms with E-state index in [0.717, 1.165) is 0 Å². The van der Waals surface area contributed by atoms with E-state index in [1.807, 2.05) is 0 Å². The molecular weight excluding hydrogens is 332 g/mol. The van der Waals surface area contributed by atoms with E-state index < -0.39 is 0 Å². The Morgan fingerprint density at radius 1 is 1.25 bits per heavy atom. The van der Waals surface area contributed by atoms with Crippen molar-refractivity contribution < 1.29 is 19.1 Å². The van der Waals surface area contributed by atoms with Gasteiger partial charge in [0, 0.05) is 18.8 Å². The van der Waals surface area contributed by atoms with Crippen molar-refractivity contribution in [3.8, 4) is 11.5 Å². The zero-order chi connectivity index (χ0) is 17.5. The van der Waals surface area contributed by atoms with E-state index in [1.165, 1.54) is 32.1 Å². The zero-order valence-corrected chi connectivity index (χ0v) is 14.3. The molecule has 0 aliphatic carbocycles. The largest absolute Gasteiger partial charge is 0.493 e. The Balaban J connectivity index is 1.91. The number of methoxy groups -OCH3 is 2. The molecule has 0 fully saturated rings. The summed E-state index contributed by atoms with van der Waals surface area (Å²) in [6.07, 6.45) is 1.42. The predicted octanol–water partition coefficient (Wildman–Crippen LogP) is 1.52. The highest BCUT2D eigenvalue weighted by Crippen LogP contribution is 2.29. The van der Waals surface area contributed by atoms with Crippen molar-refractivity contribution in [2.45, 2.75) is 5.16 Å². The summed E-state index contributed by atoms with van der Waals surface area (Å²) < 4.78 is 10.3. The highest BCUT2D eigenvalue weighted by Gasteiger charge is 2.11. The van der Waals surface area contributed by atoms with Crippen LogP contribution < -0.4 is 20.1 Å². The first kappa shape index (κ1) is 17.7. The summed E-state index contributed by atoms with van der Waals surface area (Å²) >= 11 is 1.20. The normalized spacial score (nSPS) is 10.1. The van der Waals surface area contributed by atoms with E-state index in [-0.39, 0.29) is 17.6 Å². The van der Waals surface area contributed by atoms with Crippen LogP contribution in [-0.2, 0) is 4.79 Å². The maximum atomic E-state index is 12.0. The third-order valence-electron chi connectivity index (χ3n) is 3.03. The number of H-pyrrole nitrogens is 1. The number of benzene rings is 1. The van der Waals surface area contributed by atoms with Crippen molar-refractivity contribution in [2.75, 3.05) is 32.3 Å². The number of nitrogens with one attached hydrogen (secondary N) is 3. The van der Waals surface area contributed by atoms with Gasteiger partial charge in [-0.05, 0) is 12.1 Å². The van der Waals surface area contributed by atoms with Crippen molar-refractivity contribution in [3.63, 3.8) is 0 Å². The lowest BCUT2D eigenvalue weighted by Gasteiger charge is -2.10. The van der Waals surface area contributed by atoms with Gasteiger partial charge in [-0.15, -0.1) is 0 Å². The molecular formula is C15H18N4O4S. The number of thioether (sulfide) groups is 1. The van der Waals surface area contributed by atoms with E-state index in [2.05, 4.69) is 20.6 Å². The molecule has 3 N–H and O–H groups in total. The molecule has 0 bridgehead atoms. The van der Waals surface area contributed by atoms with Crippen LogP contribution in [0.15, 0.2) is 29.6 Å². The van der Waals surface area contributed by atoms with Gasteiger partial charge < -0.3 is 25.1 Å². The second kappa shape index (κ2) is 8.25. The molecule has 0 atom stereocenters. The van der Waals surface area contributed by atoms with Gasteiger partial charge in [-0.2, -0.15) is 0 Å². The first-order valence-corrected chi connectivity index (χ1v) is 7.97. The molecule has 8 nitrogen and oxygen atoms in total. The number of imidazole rings is 1. The molecule has 2 rings (SSSR count). The minimum absolute atomic E-state index is 0.148. The van der Waals surface area contributed by atoms with Gasteiger partial charge in [0.2, 0.25) is 5.91 Å². The van der Waals surface area contributed by atoms with Crippen molar-refractivity contribution in [1.82, 2.24) is 15.3 Å². The fourth-order valence-corrected chi connectivity index (χ4v) is 2.52. The van der Waals surface area contributed by atoms with Crippen LogP contribution in [0.2, 0.25) is 0 Å². The topological polar surface area (TPSA) is 105 Å². The molecule has 0 saturated heterocycles. The molecule has 0 aliphatic heterocycles. The Morgan fingerprint density at radius 2 is 2.00 bits per heavy atom. The van der Waals surface area contributed by atoms with Gasteiger partial charge in [0.1, 0.15) is 5.69 Å². The molecule has 1 aromatic heterocycles. The Labute approximate surface area is 143 Å². The summed E-state index contributed by atoms with van der Waals surface area (Å²) in [7, 11) is 4.61. The summed E-state index contributed by atoms with van der Waals surface area (Å²) in [5.41, 5.74) is 0.948. The summed E-state index contributed by atoms with van der Waals surface area (Å²) in [6.45, 7) is 0. The molecule has 128 valence electrons. The third-order valence-corrected chi connectivity index (χ3v) is 3.92. The quantitative estimate of drug-likeness (QED) is 0.654. The van der Waals surface area contributed by atoms with Gasteiger partial charge in [-0.25, -0.2) is 4.98 Å². The smallest absolute Gasteiger partial charge is 0.269 e. The van der Waals surface area contributed by atoms with Crippen LogP contribution in [0, 0.1) is 0 Å². The fourth-order valence-electron chi connectivity index (χ4n) is 1.87. The number of aromatic amines is 1. The number of ether oxygens (including phenoxy) is 2. The van der Waals surface area contributed by atoms with Crippen LogP contribution in [0.4, 0.5) is 5.69 Å². The third kappa shape index (κ3) is 4.42. The molecule has 2 aromatic rings. The second-order valence-electron chi connectivity index (χ2n) is 4.59. The van der Waals surface area contributed by atoms with Crippen LogP contribution >= 0.6 is 11.8 Å². The molecule has 0 saturated carbocycles. The van der Waals surface area contributed by atoms with Crippen LogP contribution in [0.3, 0.4) is 0 Å². The van der Waals surface area contributed by atoms with Crippen LogP contribution in [-0.4, -0.2) is 48.8 Å². The van der Waals surface area contributed by atoms with Gasteiger partial charge in [0.05, 0.1) is 26.2 Å². The molecule has 2 amide bonds. The van der Waals surface area contributed by atoms with E-state index in [1.54, 1.807) is 25.3 Å². The van der Waals surface area contributed by atoms with Crippen molar-refractivity contribution in [3.05, 3.63) is 30.1 Å². The van der Waals surface area contributed by atoms with Gasteiger partial charge in [0.15, 0.2) is 16.7 Å². The maximum Gasteiger partial charge on any atom is 0.269 e. The first-order valence-electron chi connectivity index (χ1n) is 6.99. The van der Waals surface area contributed by atoms with E-state index in [9.17, 15) is 9.59 Å². The maximum absolute atomic E-state index is 12.0. The summed E-state index contributed by atoms with van der Waals surface area (Å²) in [5, 5.41) is 5.75. The molecule has 24 heavy (non-hydrogen) atoms. The lowest BCUT2D eigenvalue weighted by Crippen LogP contribution is -2.18. The van der Waals surface area contributed by atoms with Crippen LogP contribution in [0.5, 0.6) is 11.5 Å². The lowest BCUT2D eigenvalue weighted by atomic mass is 10.2. The van der Waals surface area contributed by atoms with Gasteiger partial charge >= 0.3 is 0 Å². The first-order chi connectivity index (χ1) is 11.6. The van der Waals surface area contributed by atoms with Gasteiger partial charge in [0.25, 0.3) is 5.91 Å². The Morgan fingerprint density at radius 3 is 2.67 bits per heavy atom. The Bertz CT molecular complexity index is 732. The van der Waals surface area contributed by atoms with Crippen molar-refractivity contribution >= 4 is 29.3 Å². The average molecular weight is 350 g/mol. The van der Waals surface area contributed by atoms with Crippen molar-refractivity contribution in [2.24, 2.45) is 0 Å². The van der Waals surface area contributed by atoms with Crippen LogP contribution in [0.25, 0.3) is 0 Å². The minimum Gasteiger partial charge on any atom is -0.493 e. The molecule has 0 unspecified atom stereocenters.